The highest BCUT2D eigenvalue weighted by Crippen LogP contribution is 2.21. The first kappa shape index (κ1) is 18.8. The van der Waals surface area contributed by atoms with E-state index in [1.165, 1.54) is 0 Å². The van der Waals surface area contributed by atoms with E-state index in [-0.39, 0.29) is 17.9 Å². The Morgan fingerprint density at radius 2 is 1.77 bits per heavy atom. The number of carbonyl (C=O) groups excluding carboxylic acids is 2. The monoisotopic (exact) mass is 312 g/mol. The molecule has 128 valence electrons. The topological polar surface area (TPSA) is 49.9 Å². The summed E-state index contributed by atoms with van der Waals surface area (Å²) in [6.07, 6.45) is 3.36. The van der Waals surface area contributed by atoms with Gasteiger partial charge in [-0.05, 0) is 46.5 Å². The normalized spacial score (nSPS) is 19.0. The van der Waals surface area contributed by atoms with Gasteiger partial charge in [-0.15, -0.1) is 0 Å². The van der Waals surface area contributed by atoms with Crippen LogP contribution in [0.25, 0.3) is 0 Å². The van der Waals surface area contributed by atoms with Crippen molar-refractivity contribution in [3.8, 4) is 0 Å². The molecule has 0 bridgehead atoms. The molecule has 0 aromatic rings. The Morgan fingerprint density at radius 3 is 2.27 bits per heavy atom. The summed E-state index contributed by atoms with van der Waals surface area (Å²) in [5, 5.41) is 0. The highest BCUT2D eigenvalue weighted by molar-refractivity contribution is 5.80. The molecule has 5 heteroatoms. The third-order valence-electron chi connectivity index (χ3n) is 3.72. The van der Waals surface area contributed by atoms with Crippen LogP contribution >= 0.6 is 0 Å². The molecule has 0 aromatic carbocycles. The lowest BCUT2D eigenvalue weighted by Crippen LogP contribution is -2.48. The van der Waals surface area contributed by atoms with E-state index >= 15 is 0 Å². The van der Waals surface area contributed by atoms with Crippen LogP contribution in [0, 0.1) is 5.92 Å². The maximum Gasteiger partial charge on any atom is 0.410 e. The first-order chi connectivity index (χ1) is 10.3. The van der Waals surface area contributed by atoms with Crippen molar-refractivity contribution < 1.29 is 14.3 Å². The third kappa shape index (κ3) is 5.85. The number of likely N-dealkylation sites (tertiary alicyclic amines) is 1. The van der Waals surface area contributed by atoms with Gasteiger partial charge >= 0.3 is 6.09 Å². The van der Waals surface area contributed by atoms with Gasteiger partial charge in [0.15, 0.2) is 0 Å². The van der Waals surface area contributed by atoms with Crippen LogP contribution in [0.2, 0.25) is 0 Å². The minimum atomic E-state index is -0.496. The molecule has 1 saturated heterocycles. The fraction of sp³-hybridized carbons (Fsp3) is 0.882. The number of piperidine rings is 1. The Labute approximate surface area is 135 Å². The number of rotatable bonds is 5. The van der Waals surface area contributed by atoms with Gasteiger partial charge in [-0.1, -0.05) is 13.8 Å². The van der Waals surface area contributed by atoms with Gasteiger partial charge in [0.05, 0.1) is 5.92 Å². The van der Waals surface area contributed by atoms with Crippen molar-refractivity contribution in [2.45, 2.75) is 65.9 Å². The van der Waals surface area contributed by atoms with Gasteiger partial charge in [0.2, 0.25) is 5.91 Å². The molecule has 1 atom stereocenters. The molecule has 0 aliphatic carbocycles. The molecular weight excluding hydrogens is 280 g/mol. The zero-order valence-electron chi connectivity index (χ0n) is 14.9. The van der Waals surface area contributed by atoms with Crippen LogP contribution < -0.4 is 0 Å². The second-order valence-electron chi connectivity index (χ2n) is 7.09. The summed E-state index contributed by atoms with van der Waals surface area (Å²) in [7, 11) is 0. The van der Waals surface area contributed by atoms with Crippen LogP contribution in [0.1, 0.15) is 60.3 Å². The summed E-state index contributed by atoms with van der Waals surface area (Å²) in [5.74, 6) is 0.108. The molecule has 1 aliphatic heterocycles. The zero-order valence-corrected chi connectivity index (χ0v) is 14.9. The highest BCUT2D eigenvalue weighted by Gasteiger charge is 2.32. The largest absolute Gasteiger partial charge is 0.444 e. The smallest absolute Gasteiger partial charge is 0.410 e. The minimum absolute atomic E-state index is 0.0839. The molecule has 0 unspecified atom stereocenters. The van der Waals surface area contributed by atoms with Gasteiger partial charge in [0.25, 0.3) is 0 Å². The van der Waals surface area contributed by atoms with Gasteiger partial charge < -0.3 is 14.5 Å². The SMILES string of the molecule is CCCN(CCC)C(=O)[C@@H]1CCCN(C(=O)OC(C)(C)C)C1. The summed E-state index contributed by atoms with van der Waals surface area (Å²) in [6.45, 7) is 12.5. The van der Waals surface area contributed by atoms with Crippen molar-refractivity contribution in [1.82, 2.24) is 9.80 Å². The predicted octanol–water partition coefficient (Wildman–Crippen LogP) is 3.28. The van der Waals surface area contributed by atoms with Gasteiger partial charge in [-0.2, -0.15) is 0 Å². The zero-order chi connectivity index (χ0) is 16.8. The second kappa shape index (κ2) is 8.39. The summed E-state index contributed by atoms with van der Waals surface area (Å²) < 4.78 is 5.42. The molecule has 0 N–H and O–H groups in total. The van der Waals surface area contributed by atoms with E-state index in [1.807, 2.05) is 25.7 Å². The number of amides is 2. The highest BCUT2D eigenvalue weighted by atomic mass is 16.6. The van der Waals surface area contributed by atoms with Crippen LogP contribution in [0.4, 0.5) is 4.79 Å². The van der Waals surface area contributed by atoms with Gasteiger partial charge in [0.1, 0.15) is 5.60 Å². The van der Waals surface area contributed by atoms with E-state index < -0.39 is 5.60 Å². The summed E-state index contributed by atoms with van der Waals surface area (Å²) >= 11 is 0. The first-order valence-electron chi connectivity index (χ1n) is 8.55. The molecule has 5 nitrogen and oxygen atoms in total. The molecule has 1 rings (SSSR count). The summed E-state index contributed by atoms with van der Waals surface area (Å²) in [6, 6.07) is 0. The number of ether oxygens (including phenoxy) is 1. The van der Waals surface area contributed by atoms with E-state index in [9.17, 15) is 9.59 Å². The Morgan fingerprint density at radius 1 is 1.18 bits per heavy atom. The van der Waals surface area contributed by atoms with Crippen molar-refractivity contribution in [3.05, 3.63) is 0 Å². The predicted molar refractivity (Wildman–Crippen MR) is 87.7 cm³/mol. The number of nitrogens with zero attached hydrogens (tertiary/aromatic N) is 2. The third-order valence-corrected chi connectivity index (χ3v) is 3.72. The Bertz CT molecular complexity index is 371. The van der Waals surface area contributed by atoms with E-state index in [1.54, 1.807) is 4.90 Å². The first-order valence-corrected chi connectivity index (χ1v) is 8.55. The van der Waals surface area contributed by atoms with E-state index in [0.717, 1.165) is 38.8 Å². The maximum absolute atomic E-state index is 12.7. The molecule has 1 fully saturated rings. The molecule has 0 aromatic heterocycles. The number of carbonyl (C=O) groups is 2. The molecule has 2 amide bonds. The van der Waals surface area contributed by atoms with Crippen molar-refractivity contribution in [2.75, 3.05) is 26.2 Å². The quantitative estimate of drug-likeness (QED) is 0.783. The van der Waals surface area contributed by atoms with Crippen LogP contribution in [0.5, 0.6) is 0 Å². The Balaban J connectivity index is 2.65. The molecule has 0 saturated carbocycles. The van der Waals surface area contributed by atoms with E-state index in [4.69, 9.17) is 4.74 Å². The second-order valence-corrected chi connectivity index (χ2v) is 7.09. The molecular formula is C17H32N2O3. The van der Waals surface area contributed by atoms with Crippen LogP contribution in [-0.2, 0) is 9.53 Å². The molecule has 1 aliphatic rings. The summed E-state index contributed by atoms with van der Waals surface area (Å²) in [4.78, 5) is 28.5. The fourth-order valence-corrected chi connectivity index (χ4v) is 2.80. The summed E-state index contributed by atoms with van der Waals surface area (Å²) in [5.41, 5.74) is -0.496. The standard InChI is InChI=1S/C17H32N2O3/c1-6-10-18(11-7-2)15(20)14-9-8-12-19(13-14)16(21)22-17(3,4)5/h14H,6-13H2,1-5H3/t14-/m1/s1. The lowest BCUT2D eigenvalue weighted by molar-refractivity contribution is -0.137. The van der Waals surface area contributed by atoms with Crippen LogP contribution in [-0.4, -0.2) is 53.6 Å². The molecule has 0 radical (unpaired) electrons. The number of hydrogen-bond acceptors (Lipinski definition) is 3. The van der Waals surface area contributed by atoms with Gasteiger partial charge in [-0.25, -0.2) is 4.79 Å². The van der Waals surface area contributed by atoms with Gasteiger partial charge in [0, 0.05) is 26.2 Å². The molecule has 1 heterocycles. The lowest BCUT2D eigenvalue weighted by atomic mass is 9.96. The van der Waals surface area contributed by atoms with Crippen molar-refractivity contribution in [3.63, 3.8) is 0 Å². The average molecular weight is 312 g/mol. The Kier molecular flexibility index (Phi) is 7.17. The van der Waals surface area contributed by atoms with Gasteiger partial charge in [-0.3, -0.25) is 4.79 Å². The van der Waals surface area contributed by atoms with E-state index in [2.05, 4.69) is 13.8 Å². The Hall–Kier alpha value is -1.26. The fourth-order valence-electron chi connectivity index (χ4n) is 2.80. The van der Waals surface area contributed by atoms with E-state index in [0.29, 0.717) is 13.1 Å². The van der Waals surface area contributed by atoms with Crippen molar-refractivity contribution in [2.24, 2.45) is 5.92 Å². The lowest BCUT2D eigenvalue weighted by Gasteiger charge is -2.35. The van der Waals surface area contributed by atoms with Crippen molar-refractivity contribution >= 4 is 12.0 Å². The van der Waals surface area contributed by atoms with Crippen LogP contribution in [0.3, 0.4) is 0 Å². The van der Waals surface area contributed by atoms with Crippen molar-refractivity contribution in [1.29, 1.82) is 0 Å². The number of hydrogen-bond donors (Lipinski definition) is 0. The minimum Gasteiger partial charge on any atom is -0.444 e. The molecule has 0 spiro atoms. The average Bonchev–Trinajstić information content (AvgIpc) is 2.44. The maximum atomic E-state index is 12.7. The van der Waals surface area contributed by atoms with Crippen LogP contribution in [0.15, 0.2) is 0 Å². The molecule has 22 heavy (non-hydrogen) atoms.